The molecule has 0 amide bonds. The van der Waals surface area contributed by atoms with Crippen molar-refractivity contribution in [1.29, 1.82) is 0 Å². The zero-order valence-electron chi connectivity index (χ0n) is 11.3. The summed E-state index contributed by atoms with van der Waals surface area (Å²) in [5, 5.41) is 0. The van der Waals surface area contributed by atoms with Crippen LogP contribution in [-0.4, -0.2) is 25.2 Å². The zero-order chi connectivity index (χ0) is 14.0. The summed E-state index contributed by atoms with van der Waals surface area (Å²) in [6.45, 7) is 3.66. The molecule has 0 radical (unpaired) electrons. The van der Waals surface area contributed by atoms with Crippen molar-refractivity contribution in [2.45, 2.75) is 32.9 Å². The van der Waals surface area contributed by atoms with Crippen LogP contribution in [0.5, 0.6) is 0 Å². The molecule has 0 unspecified atom stereocenters. The van der Waals surface area contributed by atoms with Crippen LogP contribution in [0.2, 0.25) is 0 Å². The van der Waals surface area contributed by atoms with Gasteiger partial charge in [0, 0.05) is 20.1 Å². The van der Waals surface area contributed by atoms with Crippen molar-refractivity contribution in [1.82, 2.24) is 18.7 Å². The number of nitrogens with two attached hydrogens (primary N) is 1. The first kappa shape index (κ1) is 13.5. The van der Waals surface area contributed by atoms with Crippen molar-refractivity contribution >= 4 is 11.2 Å². The summed E-state index contributed by atoms with van der Waals surface area (Å²) in [6, 6.07) is 0. The van der Waals surface area contributed by atoms with Crippen LogP contribution in [0.25, 0.3) is 11.2 Å². The number of nitrogens with zero attached hydrogens (tertiary/aromatic N) is 4. The van der Waals surface area contributed by atoms with Gasteiger partial charge in [0.25, 0.3) is 5.56 Å². The molecule has 2 rings (SSSR count). The van der Waals surface area contributed by atoms with Crippen LogP contribution in [0, 0.1) is 0 Å². The molecule has 2 aromatic heterocycles. The largest absolute Gasteiger partial charge is 0.332 e. The smallest absolute Gasteiger partial charge is 0.330 e. The molecule has 2 N–H and O–H groups in total. The number of hydrogen-bond donors (Lipinski definition) is 1. The third-order valence-electron chi connectivity index (χ3n) is 3.27. The number of rotatable bonds is 5. The first-order valence-corrected chi connectivity index (χ1v) is 6.46. The normalized spacial score (nSPS) is 11.3. The maximum absolute atomic E-state index is 12.2. The second-order valence-corrected chi connectivity index (χ2v) is 4.50. The highest BCUT2D eigenvalue weighted by atomic mass is 16.2. The highest BCUT2D eigenvalue weighted by Crippen LogP contribution is 2.07. The van der Waals surface area contributed by atoms with Gasteiger partial charge in [-0.1, -0.05) is 0 Å². The van der Waals surface area contributed by atoms with E-state index in [1.165, 1.54) is 11.6 Å². The van der Waals surface area contributed by atoms with Crippen molar-refractivity contribution < 1.29 is 0 Å². The Balaban J connectivity index is 2.62. The van der Waals surface area contributed by atoms with E-state index in [2.05, 4.69) is 4.98 Å². The predicted octanol–water partition coefficient (Wildman–Crippen LogP) is -0.344. The highest BCUT2D eigenvalue weighted by molar-refractivity contribution is 5.70. The first-order valence-electron chi connectivity index (χ1n) is 6.46. The quantitative estimate of drug-likeness (QED) is 0.749. The van der Waals surface area contributed by atoms with Gasteiger partial charge in [-0.3, -0.25) is 13.9 Å². The Labute approximate surface area is 110 Å². The van der Waals surface area contributed by atoms with Crippen molar-refractivity contribution in [2.24, 2.45) is 12.8 Å². The minimum atomic E-state index is -0.327. The van der Waals surface area contributed by atoms with Crippen LogP contribution in [0.15, 0.2) is 15.9 Å². The Kier molecular flexibility index (Phi) is 3.84. The molecule has 0 saturated heterocycles. The molecule has 2 heterocycles. The summed E-state index contributed by atoms with van der Waals surface area (Å²) in [6.07, 6.45) is 3.40. The lowest BCUT2D eigenvalue weighted by molar-refractivity contribution is 0.617. The minimum absolute atomic E-state index is 0.296. The summed E-state index contributed by atoms with van der Waals surface area (Å²) >= 11 is 0. The molecule has 0 atom stereocenters. The Morgan fingerprint density at radius 2 is 2.05 bits per heavy atom. The Morgan fingerprint density at radius 1 is 1.32 bits per heavy atom. The topological polar surface area (TPSA) is 87.8 Å². The molecule has 104 valence electrons. The number of fused-ring (bicyclic) bond motifs is 1. The van der Waals surface area contributed by atoms with E-state index in [9.17, 15) is 9.59 Å². The number of unbranched alkanes of at least 4 members (excludes halogenated alkanes) is 1. The molecule has 0 bridgehead atoms. The van der Waals surface area contributed by atoms with Crippen LogP contribution in [0.4, 0.5) is 0 Å². The van der Waals surface area contributed by atoms with Crippen LogP contribution in [-0.2, 0) is 20.1 Å². The molecule has 19 heavy (non-hydrogen) atoms. The van der Waals surface area contributed by atoms with Crippen molar-refractivity contribution in [2.75, 3.05) is 6.54 Å². The van der Waals surface area contributed by atoms with E-state index in [4.69, 9.17) is 5.73 Å². The van der Waals surface area contributed by atoms with E-state index >= 15 is 0 Å². The van der Waals surface area contributed by atoms with Gasteiger partial charge in [-0.2, -0.15) is 0 Å². The molecule has 2 aromatic rings. The van der Waals surface area contributed by atoms with Gasteiger partial charge in [0.1, 0.15) is 0 Å². The molecule has 7 heteroatoms. The zero-order valence-corrected chi connectivity index (χ0v) is 11.3. The van der Waals surface area contributed by atoms with Crippen molar-refractivity contribution in [3.05, 3.63) is 27.2 Å². The lowest BCUT2D eigenvalue weighted by Crippen LogP contribution is -2.38. The fourth-order valence-electron chi connectivity index (χ4n) is 2.19. The Hall–Kier alpha value is -1.89. The average molecular weight is 265 g/mol. The fourth-order valence-corrected chi connectivity index (χ4v) is 2.19. The first-order chi connectivity index (χ1) is 9.11. The van der Waals surface area contributed by atoms with Gasteiger partial charge < -0.3 is 10.3 Å². The second-order valence-electron chi connectivity index (χ2n) is 4.50. The number of aromatic nitrogens is 4. The standard InChI is InChI=1S/C12H19N5O2/c1-3-17-10-9(11(18)15(2)12(17)19)16(8-14-10)7-5-4-6-13/h8H,3-7,13H2,1-2H3. The summed E-state index contributed by atoms with van der Waals surface area (Å²) in [5.74, 6) is 0. The van der Waals surface area contributed by atoms with Gasteiger partial charge in [0.2, 0.25) is 0 Å². The van der Waals surface area contributed by atoms with Crippen LogP contribution in [0.3, 0.4) is 0 Å². The van der Waals surface area contributed by atoms with Crippen LogP contribution in [0.1, 0.15) is 19.8 Å². The molecule has 0 aromatic carbocycles. The van der Waals surface area contributed by atoms with E-state index in [-0.39, 0.29) is 11.2 Å². The van der Waals surface area contributed by atoms with E-state index in [0.29, 0.717) is 30.8 Å². The number of hydrogen-bond acceptors (Lipinski definition) is 4. The molecular weight excluding hydrogens is 246 g/mol. The monoisotopic (exact) mass is 265 g/mol. The molecule has 0 fully saturated rings. The third-order valence-corrected chi connectivity index (χ3v) is 3.27. The van der Waals surface area contributed by atoms with Crippen LogP contribution < -0.4 is 17.0 Å². The molecule has 7 nitrogen and oxygen atoms in total. The number of aryl methyl sites for hydroxylation is 2. The molecule has 0 spiro atoms. The SMILES string of the molecule is CCn1c(=O)n(C)c(=O)c2c1ncn2CCCCN. The molecular formula is C12H19N5O2. The lowest BCUT2D eigenvalue weighted by atomic mass is 10.3. The van der Waals surface area contributed by atoms with E-state index in [0.717, 1.165) is 17.4 Å². The van der Waals surface area contributed by atoms with Gasteiger partial charge in [-0.15, -0.1) is 0 Å². The molecule has 0 aliphatic rings. The van der Waals surface area contributed by atoms with Gasteiger partial charge in [0.15, 0.2) is 11.2 Å². The maximum atomic E-state index is 12.2. The second kappa shape index (κ2) is 5.40. The number of imidazole rings is 1. The van der Waals surface area contributed by atoms with Crippen LogP contribution >= 0.6 is 0 Å². The Morgan fingerprint density at radius 3 is 2.68 bits per heavy atom. The lowest BCUT2D eigenvalue weighted by Gasteiger charge is -2.07. The predicted molar refractivity (Wildman–Crippen MR) is 73.2 cm³/mol. The minimum Gasteiger partial charge on any atom is -0.330 e. The van der Waals surface area contributed by atoms with Crippen molar-refractivity contribution in [3.63, 3.8) is 0 Å². The van der Waals surface area contributed by atoms with E-state index in [1.807, 2.05) is 6.92 Å². The summed E-state index contributed by atoms with van der Waals surface area (Å²) < 4.78 is 4.45. The van der Waals surface area contributed by atoms with Gasteiger partial charge >= 0.3 is 5.69 Å². The van der Waals surface area contributed by atoms with E-state index in [1.54, 1.807) is 10.9 Å². The van der Waals surface area contributed by atoms with E-state index < -0.39 is 0 Å². The fraction of sp³-hybridized carbons (Fsp3) is 0.583. The molecule has 0 aliphatic heterocycles. The maximum Gasteiger partial charge on any atom is 0.332 e. The van der Waals surface area contributed by atoms with Gasteiger partial charge in [0.05, 0.1) is 6.33 Å². The highest BCUT2D eigenvalue weighted by Gasteiger charge is 2.14. The van der Waals surface area contributed by atoms with Gasteiger partial charge in [-0.05, 0) is 26.3 Å². The summed E-state index contributed by atoms with van der Waals surface area (Å²) in [4.78, 5) is 28.4. The third kappa shape index (κ3) is 2.21. The molecule has 0 aliphatic carbocycles. The summed E-state index contributed by atoms with van der Waals surface area (Å²) in [5.41, 5.74) is 5.79. The van der Waals surface area contributed by atoms with Gasteiger partial charge in [-0.25, -0.2) is 9.78 Å². The Bertz CT molecular complexity index is 694. The van der Waals surface area contributed by atoms with Crippen molar-refractivity contribution in [3.8, 4) is 0 Å². The molecule has 0 saturated carbocycles. The average Bonchev–Trinajstić information content (AvgIpc) is 2.81. The summed E-state index contributed by atoms with van der Waals surface area (Å²) in [7, 11) is 1.49.